The zero-order valence-electron chi connectivity index (χ0n) is 7.57. The second-order valence-electron chi connectivity index (χ2n) is 2.84. The van der Waals surface area contributed by atoms with E-state index in [1.807, 2.05) is 0 Å². The third-order valence-electron chi connectivity index (χ3n) is 1.61. The molecule has 0 aliphatic heterocycles. The molecule has 0 aliphatic carbocycles. The lowest BCUT2D eigenvalue weighted by Gasteiger charge is -2.07. The summed E-state index contributed by atoms with van der Waals surface area (Å²) in [5.74, 6) is -0.369. The molecule has 1 aromatic carbocycles. The summed E-state index contributed by atoms with van der Waals surface area (Å²) in [6.07, 6.45) is 0. The van der Waals surface area contributed by atoms with Crippen LogP contribution in [0.2, 0.25) is 10.0 Å². The molecule has 0 heterocycles. The van der Waals surface area contributed by atoms with Crippen LogP contribution in [0.3, 0.4) is 0 Å². The van der Waals surface area contributed by atoms with Crippen LogP contribution in [0, 0.1) is 0 Å². The first-order valence-corrected chi connectivity index (χ1v) is 6.39. The highest BCUT2D eigenvalue weighted by Crippen LogP contribution is 2.24. The van der Waals surface area contributed by atoms with E-state index in [9.17, 15) is 8.42 Å². The molecule has 0 saturated carbocycles. The van der Waals surface area contributed by atoms with Crippen LogP contribution in [-0.2, 0) is 10.1 Å². The van der Waals surface area contributed by atoms with Crippen LogP contribution in [0.4, 0.5) is 5.69 Å². The van der Waals surface area contributed by atoms with Gasteiger partial charge in [0.2, 0.25) is 0 Å². The molecule has 84 valence electrons. The van der Waals surface area contributed by atoms with Gasteiger partial charge in [-0.15, -0.1) is 0 Å². The second-order valence-corrected chi connectivity index (χ2v) is 5.25. The topological polar surface area (TPSA) is 66.4 Å². The van der Waals surface area contributed by atoms with Gasteiger partial charge in [0.1, 0.15) is 0 Å². The van der Waals surface area contributed by atoms with Crippen LogP contribution in [0.5, 0.6) is 0 Å². The third-order valence-corrected chi connectivity index (χ3v) is 2.87. The Morgan fingerprint density at radius 1 is 1.33 bits per heavy atom. The second kappa shape index (κ2) is 5.03. The Kier molecular flexibility index (Phi) is 4.21. The number of benzene rings is 1. The number of anilines is 1. The lowest BCUT2D eigenvalue weighted by atomic mass is 10.3. The van der Waals surface area contributed by atoms with Crippen LogP contribution >= 0.6 is 23.2 Å². The van der Waals surface area contributed by atoms with E-state index in [1.165, 1.54) is 0 Å². The summed E-state index contributed by atoms with van der Waals surface area (Å²) in [6, 6.07) is 4.80. The van der Waals surface area contributed by atoms with Crippen molar-refractivity contribution >= 4 is 39.0 Å². The number of nitrogens with one attached hydrogen (secondary N) is 1. The molecule has 1 aromatic rings. The standard InChI is InChI=1S/C8H9Cl2NO3S/c9-6-1-2-8(7(10)5-6)11-3-4-15(12,13)14/h1-2,5,11H,3-4H2,(H,12,13,14). The highest BCUT2D eigenvalue weighted by Gasteiger charge is 2.05. The summed E-state index contributed by atoms with van der Waals surface area (Å²) in [7, 11) is -3.95. The van der Waals surface area contributed by atoms with E-state index in [0.29, 0.717) is 15.7 Å². The van der Waals surface area contributed by atoms with Crippen molar-refractivity contribution in [3.8, 4) is 0 Å². The fraction of sp³-hybridized carbons (Fsp3) is 0.250. The van der Waals surface area contributed by atoms with Crippen molar-refractivity contribution in [1.82, 2.24) is 0 Å². The van der Waals surface area contributed by atoms with Crippen molar-refractivity contribution in [2.45, 2.75) is 0 Å². The predicted octanol–water partition coefficient (Wildman–Crippen LogP) is 2.29. The first kappa shape index (κ1) is 12.6. The van der Waals surface area contributed by atoms with Gasteiger partial charge >= 0.3 is 0 Å². The minimum absolute atomic E-state index is 0.0835. The molecule has 0 aliphatic rings. The maximum atomic E-state index is 10.4. The summed E-state index contributed by atoms with van der Waals surface area (Å²) in [4.78, 5) is 0. The summed E-state index contributed by atoms with van der Waals surface area (Å²) in [6.45, 7) is 0.0835. The van der Waals surface area contributed by atoms with Crippen molar-refractivity contribution in [2.24, 2.45) is 0 Å². The number of hydrogen-bond acceptors (Lipinski definition) is 3. The maximum absolute atomic E-state index is 10.4. The van der Waals surface area contributed by atoms with Gasteiger partial charge in [0, 0.05) is 11.6 Å². The van der Waals surface area contributed by atoms with Crippen LogP contribution in [-0.4, -0.2) is 25.3 Å². The Balaban J connectivity index is 2.59. The van der Waals surface area contributed by atoms with Crippen molar-refractivity contribution < 1.29 is 13.0 Å². The highest BCUT2D eigenvalue weighted by atomic mass is 35.5. The molecule has 0 fully saturated rings. The summed E-state index contributed by atoms with van der Waals surface area (Å²) in [5, 5.41) is 3.67. The van der Waals surface area contributed by atoms with E-state index < -0.39 is 10.1 Å². The fourth-order valence-electron chi connectivity index (χ4n) is 0.948. The molecule has 4 nitrogen and oxygen atoms in total. The molecule has 7 heteroatoms. The largest absolute Gasteiger partial charge is 0.383 e. The van der Waals surface area contributed by atoms with Gasteiger partial charge in [-0.2, -0.15) is 8.42 Å². The number of rotatable bonds is 4. The van der Waals surface area contributed by atoms with Gasteiger partial charge in [0.15, 0.2) is 0 Å². The highest BCUT2D eigenvalue weighted by molar-refractivity contribution is 7.85. The minimum atomic E-state index is -3.95. The normalized spacial score (nSPS) is 11.4. The van der Waals surface area contributed by atoms with Crippen molar-refractivity contribution in [2.75, 3.05) is 17.6 Å². The first-order chi connectivity index (χ1) is 6.88. The maximum Gasteiger partial charge on any atom is 0.266 e. The fourth-order valence-corrected chi connectivity index (χ4v) is 1.78. The van der Waals surface area contributed by atoms with Crippen molar-refractivity contribution in [1.29, 1.82) is 0 Å². The van der Waals surface area contributed by atoms with Crippen molar-refractivity contribution in [3.05, 3.63) is 28.2 Å². The molecule has 2 N–H and O–H groups in total. The molecule has 0 unspecified atom stereocenters. The summed E-state index contributed by atoms with van der Waals surface area (Å²) in [5.41, 5.74) is 0.574. The number of halogens is 2. The van der Waals surface area contributed by atoms with Gasteiger partial charge < -0.3 is 5.32 Å². The smallest absolute Gasteiger partial charge is 0.266 e. The van der Waals surface area contributed by atoms with Gasteiger partial charge in [-0.05, 0) is 18.2 Å². The van der Waals surface area contributed by atoms with Crippen LogP contribution < -0.4 is 5.32 Å². The quantitative estimate of drug-likeness (QED) is 0.824. The summed E-state index contributed by atoms with van der Waals surface area (Å²) >= 11 is 11.5. The summed E-state index contributed by atoms with van der Waals surface area (Å²) < 4.78 is 29.3. The Bertz CT molecular complexity index is 447. The number of hydrogen-bond donors (Lipinski definition) is 2. The van der Waals surface area contributed by atoms with Gasteiger partial charge in [-0.25, -0.2) is 0 Å². The molecule has 0 spiro atoms. The van der Waals surface area contributed by atoms with E-state index in [4.69, 9.17) is 27.8 Å². The van der Waals surface area contributed by atoms with E-state index in [-0.39, 0.29) is 12.3 Å². The first-order valence-electron chi connectivity index (χ1n) is 4.02. The molecule has 0 saturated heterocycles. The van der Waals surface area contributed by atoms with Gasteiger partial charge in [-0.3, -0.25) is 4.55 Å². The molecular weight excluding hydrogens is 261 g/mol. The van der Waals surface area contributed by atoms with Gasteiger partial charge in [0.05, 0.1) is 16.5 Å². The zero-order chi connectivity index (χ0) is 11.5. The Labute approximate surface area is 97.9 Å². The third kappa shape index (κ3) is 4.70. The molecule has 1 rings (SSSR count). The van der Waals surface area contributed by atoms with Gasteiger partial charge in [-0.1, -0.05) is 23.2 Å². The minimum Gasteiger partial charge on any atom is -0.383 e. The average Bonchev–Trinajstić information content (AvgIpc) is 2.07. The Morgan fingerprint density at radius 2 is 2.00 bits per heavy atom. The lowest BCUT2D eigenvalue weighted by molar-refractivity contribution is 0.484. The molecule has 0 amide bonds. The average molecular weight is 270 g/mol. The predicted molar refractivity (Wildman–Crippen MR) is 61.4 cm³/mol. The van der Waals surface area contributed by atoms with E-state index in [1.54, 1.807) is 18.2 Å². The van der Waals surface area contributed by atoms with Crippen LogP contribution in [0.1, 0.15) is 0 Å². The molecule has 0 radical (unpaired) electrons. The molecule has 15 heavy (non-hydrogen) atoms. The lowest BCUT2D eigenvalue weighted by Crippen LogP contribution is -2.14. The molecular formula is C8H9Cl2NO3S. The molecule has 0 atom stereocenters. The van der Waals surface area contributed by atoms with E-state index in [0.717, 1.165) is 0 Å². The van der Waals surface area contributed by atoms with E-state index >= 15 is 0 Å². The van der Waals surface area contributed by atoms with Crippen molar-refractivity contribution in [3.63, 3.8) is 0 Å². The van der Waals surface area contributed by atoms with Crippen LogP contribution in [0.25, 0.3) is 0 Å². The monoisotopic (exact) mass is 269 g/mol. The SMILES string of the molecule is O=S(=O)(O)CCNc1ccc(Cl)cc1Cl. The van der Waals surface area contributed by atoms with Gasteiger partial charge in [0.25, 0.3) is 10.1 Å². The molecule has 0 aromatic heterocycles. The Hall–Kier alpha value is -0.490. The Morgan fingerprint density at radius 3 is 2.53 bits per heavy atom. The van der Waals surface area contributed by atoms with E-state index in [2.05, 4.69) is 5.32 Å². The van der Waals surface area contributed by atoms with Crippen LogP contribution in [0.15, 0.2) is 18.2 Å². The zero-order valence-corrected chi connectivity index (χ0v) is 9.90. The molecule has 0 bridgehead atoms.